The van der Waals surface area contributed by atoms with Crippen LogP contribution < -0.4 is 0 Å². The summed E-state index contributed by atoms with van der Waals surface area (Å²) in [6, 6.07) is 0. The summed E-state index contributed by atoms with van der Waals surface area (Å²) >= 11 is 2.32. The summed E-state index contributed by atoms with van der Waals surface area (Å²) in [4.78, 5) is 0. The number of hydrogen-bond donors (Lipinski definition) is 0. The topological polar surface area (TPSA) is 0 Å². The van der Waals surface area contributed by atoms with Crippen molar-refractivity contribution in [2.45, 2.75) is 82.1 Å². The van der Waals surface area contributed by atoms with Crippen LogP contribution in [0.25, 0.3) is 0 Å². The SMILES string of the molecule is C[C@@]12CCC[C@H]1[C@@H]1CCC3C[C@@H]4S[C@@H]4C[C@]3(C)[C@H]1CC2. The second-order valence-electron chi connectivity index (χ2n) is 9.39. The number of hydrogen-bond acceptors (Lipinski definition) is 1. The lowest BCUT2D eigenvalue weighted by molar-refractivity contribution is -0.0979. The van der Waals surface area contributed by atoms with E-state index in [1.165, 1.54) is 6.42 Å². The Morgan fingerprint density at radius 2 is 1.80 bits per heavy atom. The molecule has 1 aliphatic heterocycles. The Balaban J connectivity index is 1.48. The van der Waals surface area contributed by atoms with Crippen LogP contribution >= 0.6 is 11.8 Å². The van der Waals surface area contributed by atoms with E-state index in [4.69, 9.17) is 0 Å². The highest BCUT2D eigenvalue weighted by molar-refractivity contribution is 8.07. The highest BCUT2D eigenvalue weighted by Gasteiger charge is 2.61. The normalized spacial score (nSPS) is 63.9. The molecular weight excluding hydrogens is 260 g/mol. The Hall–Kier alpha value is 0.350. The zero-order valence-electron chi connectivity index (χ0n) is 13.2. The highest BCUT2D eigenvalue weighted by atomic mass is 32.2. The van der Waals surface area contributed by atoms with Gasteiger partial charge in [0, 0.05) is 10.5 Å². The monoisotopic (exact) mass is 290 g/mol. The van der Waals surface area contributed by atoms with Gasteiger partial charge in [-0.25, -0.2) is 0 Å². The van der Waals surface area contributed by atoms with Crippen molar-refractivity contribution >= 4 is 11.8 Å². The van der Waals surface area contributed by atoms with Gasteiger partial charge >= 0.3 is 0 Å². The maximum Gasteiger partial charge on any atom is 0.0175 e. The van der Waals surface area contributed by atoms with Gasteiger partial charge in [0.05, 0.1) is 0 Å². The third-order valence-corrected chi connectivity index (χ3v) is 10.1. The summed E-state index contributed by atoms with van der Waals surface area (Å²) in [5.41, 5.74) is 1.48. The predicted molar refractivity (Wildman–Crippen MR) is 86.9 cm³/mol. The molecule has 1 saturated heterocycles. The van der Waals surface area contributed by atoms with E-state index >= 15 is 0 Å². The average Bonchev–Trinajstić information content (AvgIpc) is 3.03. The summed E-state index contributed by atoms with van der Waals surface area (Å²) in [6.07, 6.45) is 14.1. The molecule has 5 rings (SSSR count). The Morgan fingerprint density at radius 1 is 0.900 bits per heavy atom. The zero-order chi connectivity index (χ0) is 13.5. The predicted octanol–water partition coefficient (Wildman–Crippen LogP) is 5.51. The minimum absolute atomic E-state index is 0.734. The van der Waals surface area contributed by atoms with Crippen molar-refractivity contribution in [1.29, 1.82) is 0 Å². The molecule has 4 aliphatic carbocycles. The minimum atomic E-state index is 0.734. The van der Waals surface area contributed by atoms with Gasteiger partial charge in [-0.2, -0.15) is 11.8 Å². The van der Waals surface area contributed by atoms with Gasteiger partial charge in [0.25, 0.3) is 0 Å². The standard InChI is InChI=1S/C19H30S/c1-18-8-3-4-14(18)13-6-5-12-10-16-17(20-16)11-19(12,2)15(13)7-9-18/h12-17H,3-11H2,1-2H3/t12?,13-,14-,15-,16-,17+,18-,19-/m0/s1. The molecule has 0 aromatic carbocycles. The first-order chi connectivity index (χ1) is 9.60. The van der Waals surface area contributed by atoms with Crippen molar-refractivity contribution in [2.24, 2.45) is 34.5 Å². The zero-order valence-corrected chi connectivity index (χ0v) is 14.1. The molecule has 0 aromatic heterocycles. The molecule has 20 heavy (non-hydrogen) atoms. The molecule has 0 spiro atoms. The molecule has 5 fully saturated rings. The molecule has 1 heteroatoms. The van der Waals surface area contributed by atoms with Crippen LogP contribution in [0.15, 0.2) is 0 Å². The van der Waals surface area contributed by atoms with E-state index in [0.717, 1.165) is 45.0 Å². The Bertz CT molecular complexity index is 431. The van der Waals surface area contributed by atoms with Gasteiger partial charge in [-0.15, -0.1) is 0 Å². The summed E-state index contributed by atoms with van der Waals surface area (Å²) in [5, 5.41) is 2.16. The molecule has 1 unspecified atom stereocenters. The lowest BCUT2D eigenvalue weighted by Crippen LogP contribution is -2.52. The van der Waals surface area contributed by atoms with Gasteiger partial charge in [0.15, 0.2) is 0 Å². The Kier molecular flexibility index (Phi) is 2.57. The number of rotatable bonds is 0. The third kappa shape index (κ3) is 1.57. The van der Waals surface area contributed by atoms with Crippen LogP contribution in [0.4, 0.5) is 0 Å². The van der Waals surface area contributed by atoms with Crippen LogP contribution in [0.5, 0.6) is 0 Å². The Labute approximate surface area is 128 Å². The number of thioether (sulfide) groups is 1. The van der Waals surface area contributed by atoms with Crippen molar-refractivity contribution in [3.63, 3.8) is 0 Å². The Morgan fingerprint density at radius 3 is 2.70 bits per heavy atom. The second-order valence-corrected chi connectivity index (χ2v) is 10.9. The third-order valence-electron chi connectivity index (χ3n) is 8.69. The summed E-state index contributed by atoms with van der Waals surface area (Å²) in [7, 11) is 0. The van der Waals surface area contributed by atoms with Crippen molar-refractivity contribution in [3.05, 3.63) is 0 Å². The average molecular weight is 291 g/mol. The first kappa shape index (κ1) is 12.9. The lowest BCUT2D eigenvalue weighted by Gasteiger charge is -2.59. The van der Waals surface area contributed by atoms with Crippen LogP contribution in [-0.2, 0) is 0 Å². The second kappa shape index (κ2) is 4.00. The van der Waals surface area contributed by atoms with E-state index in [0.29, 0.717) is 0 Å². The summed E-state index contributed by atoms with van der Waals surface area (Å²) in [6.45, 7) is 5.37. The van der Waals surface area contributed by atoms with Crippen LogP contribution in [-0.4, -0.2) is 10.5 Å². The van der Waals surface area contributed by atoms with Gasteiger partial charge in [-0.3, -0.25) is 0 Å². The molecule has 0 N–H and O–H groups in total. The molecule has 5 aliphatic rings. The first-order valence-electron chi connectivity index (χ1n) is 9.26. The van der Waals surface area contributed by atoms with E-state index < -0.39 is 0 Å². The van der Waals surface area contributed by atoms with Crippen molar-refractivity contribution < 1.29 is 0 Å². The fourth-order valence-corrected chi connectivity index (χ4v) is 8.88. The quantitative estimate of drug-likeness (QED) is 0.530. The molecular formula is C19H30S. The van der Waals surface area contributed by atoms with Crippen LogP contribution in [0.1, 0.15) is 71.6 Å². The van der Waals surface area contributed by atoms with Crippen LogP contribution in [0.3, 0.4) is 0 Å². The fraction of sp³-hybridized carbons (Fsp3) is 1.00. The first-order valence-corrected chi connectivity index (χ1v) is 10.2. The number of fused-ring (bicyclic) bond motifs is 6. The largest absolute Gasteiger partial charge is 0.153 e. The summed E-state index contributed by atoms with van der Waals surface area (Å²) < 4.78 is 0. The molecule has 0 radical (unpaired) electrons. The fourth-order valence-electron chi connectivity index (χ4n) is 7.51. The summed E-state index contributed by atoms with van der Waals surface area (Å²) in [5.74, 6) is 4.40. The molecule has 4 saturated carbocycles. The molecule has 1 heterocycles. The van der Waals surface area contributed by atoms with Crippen LogP contribution in [0, 0.1) is 34.5 Å². The van der Waals surface area contributed by atoms with E-state index in [2.05, 4.69) is 25.6 Å². The van der Waals surface area contributed by atoms with E-state index in [9.17, 15) is 0 Å². The van der Waals surface area contributed by atoms with Gasteiger partial charge in [-0.05, 0) is 85.9 Å². The molecule has 0 amide bonds. The van der Waals surface area contributed by atoms with Crippen molar-refractivity contribution in [3.8, 4) is 0 Å². The molecule has 0 nitrogen and oxygen atoms in total. The highest BCUT2D eigenvalue weighted by Crippen LogP contribution is 2.70. The van der Waals surface area contributed by atoms with Gasteiger partial charge < -0.3 is 0 Å². The molecule has 0 aromatic rings. The van der Waals surface area contributed by atoms with E-state index in [-0.39, 0.29) is 0 Å². The molecule has 112 valence electrons. The maximum atomic E-state index is 2.72. The van der Waals surface area contributed by atoms with Crippen LogP contribution in [0.2, 0.25) is 0 Å². The van der Waals surface area contributed by atoms with E-state index in [1.54, 1.807) is 51.4 Å². The molecule has 0 bridgehead atoms. The molecule has 8 atom stereocenters. The smallest absolute Gasteiger partial charge is 0.0175 e. The maximum absolute atomic E-state index is 2.72. The van der Waals surface area contributed by atoms with E-state index in [1.807, 2.05) is 0 Å². The van der Waals surface area contributed by atoms with Gasteiger partial charge in [0.2, 0.25) is 0 Å². The van der Waals surface area contributed by atoms with Crippen molar-refractivity contribution in [2.75, 3.05) is 0 Å². The van der Waals surface area contributed by atoms with Crippen molar-refractivity contribution in [1.82, 2.24) is 0 Å². The van der Waals surface area contributed by atoms with Gasteiger partial charge in [-0.1, -0.05) is 20.3 Å². The lowest BCUT2D eigenvalue weighted by atomic mass is 9.45. The minimum Gasteiger partial charge on any atom is -0.153 e. The van der Waals surface area contributed by atoms with Gasteiger partial charge in [0.1, 0.15) is 0 Å².